The van der Waals surface area contributed by atoms with Gasteiger partial charge in [-0.05, 0) is 251 Å². The summed E-state index contributed by atoms with van der Waals surface area (Å²) in [6.45, 7) is 12.7. The Morgan fingerprint density at radius 3 is 0.899 bits per heavy atom. The van der Waals surface area contributed by atoms with Crippen molar-refractivity contribution < 1.29 is 33.3 Å². The zero-order valence-corrected chi connectivity index (χ0v) is 57.1. The minimum Gasteiger partial charge on any atom is -0.457 e. The number of hydrogen-bond donors (Lipinski definition) is 0. The van der Waals surface area contributed by atoms with Crippen molar-refractivity contribution in [3.05, 3.63) is 403 Å². The van der Waals surface area contributed by atoms with Gasteiger partial charge in [-0.3, -0.25) is 14.4 Å². The summed E-state index contributed by atoms with van der Waals surface area (Å²) < 4.78 is 24.6. The number of halogens is 2. The van der Waals surface area contributed by atoms with Crippen molar-refractivity contribution in [3.63, 3.8) is 0 Å². The van der Waals surface area contributed by atoms with E-state index < -0.39 is 5.41 Å². The van der Waals surface area contributed by atoms with Crippen molar-refractivity contribution in [2.75, 3.05) is 0 Å². The number of ketones is 3. The van der Waals surface area contributed by atoms with Gasteiger partial charge in [0.25, 0.3) is 0 Å². The lowest BCUT2D eigenvalue weighted by molar-refractivity contribution is 0.101. The molecule has 0 N–H and O–H groups in total. The minimum absolute atomic E-state index is 0.0190. The summed E-state index contributed by atoms with van der Waals surface area (Å²) in [5.74, 6) is 5.62. The summed E-state index contributed by atoms with van der Waals surface area (Å²) in [6, 6.07) is 103. The fraction of sp³-hybridized carbons (Fsp3) is 0.100. The number of ether oxygens (including phenoxy) is 4. The van der Waals surface area contributed by atoms with Gasteiger partial charge in [0.1, 0.15) is 46.0 Å². The molecule has 0 spiro atoms. The number of benzene rings is 13. The Bertz CT molecular complexity index is 4980. The van der Waals surface area contributed by atoms with E-state index in [0.29, 0.717) is 66.6 Å². The predicted molar refractivity (Wildman–Crippen MR) is 398 cm³/mol. The van der Waals surface area contributed by atoms with E-state index in [1.807, 2.05) is 97.1 Å². The van der Waals surface area contributed by atoms with Gasteiger partial charge in [-0.25, -0.2) is 0 Å². The second-order valence-electron chi connectivity index (χ2n) is 25.8. The summed E-state index contributed by atoms with van der Waals surface area (Å²) in [7, 11) is 0. The Labute approximate surface area is 588 Å². The molecule has 0 saturated heterocycles. The lowest BCUT2D eigenvalue weighted by Crippen LogP contribution is -2.28. The zero-order chi connectivity index (χ0) is 68.8. The first kappa shape index (κ1) is 66.3. The zero-order valence-electron chi connectivity index (χ0n) is 55.6. The maximum atomic E-state index is 12.9. The normalized spacial score (nSPS) is 12.0. The molecule has 0 fully saturated rings. The number of rotatable bonds is 19. The quantitative estimate of drug-likeness (QED) is 0.0745. The largest absolute Gasteiger partial charge is 0.457 e. The van der Waals surface area contributed by atoms with Gasteiger partial charge in [0, 0.05) is 48.7 Å². The van der Waals surface area contributed by atoms with Crippen molar-refractivity contribution >= 4 is 40.6 Å². The van der Waals surface area contributed by atoms with Crippen LogP contribution in [0.3, 0.4) is 0 Å². The molecule has 0 saturated carbocycles. The van der Waals surface area contributed by atoms with Crippen molar-refractivity contribution in [2.24, 2.45) is 0 Å². The molecule has 13 aromatic rings. The molecule has 0 bridgehead atoms. The fourth-order valence-electron chi connectivity index (χ4n) is 12.9. The average molecular weight is 1330 g/mol. The number of carbonyl (C=O) groups excluding carboxylic acids is 3. The van der Waals surface area contributed by atoms with Crippen LogP contribution in [0.4, 0.5) is 0 Å². The molecular formula is C90H70Cl2O7. The first-order valence-corrected chi connectivity index (χ1v) is 33.6. The van der Waals surface area contributed by atoms with Crippen LogP contribution in [0.2, 0.25) is 10.0 Å². The molecule has 13 aromatic carbocycles. The Morgan fingerprint density at radius 1 is 0.303 bits per heavy atom. The first-order chi connectivity index (χ1) is 47.9. The monoisotopic (exact) mass is 1330 g/mol. The predicted octanol–water partition coefficient (Wildman–Crippen LogP) is 23.8. The molecule has 0 atom stereocenters. The number of fused-ring (bicyclic) bond motifs is 3. The smallest absolute Gasteiger partial charge is 0.193 e. The van der Waals surface area contributed by atoms with Crippen LogP contribution < -0.4 is 18.9 Å². The summed E-state index contributed by atoms with van der Waals surface area (Å²) in [4.78, 5) is 37.5. The fourth-order valence-corrected chi connectivity index (χ4v) is 13.1. The first-order valence-electron chi connectivity index (χ1n) is 32.8. The van der Waals surface area contributed by atoms with Gasteiger partial charge in [-0.15, -0.1) is 0 Å². The highest BCUT2D eigenvalue weighted by molar-refractivity contribution is 6.31. The van der Waals surface area contributed by atoms with Crippen LogP contribution >= 0.6 is 23.2 Å². The molecule has 0 aliphatic heterocycles. The maximum Gasteiger partial charge on any atom is 0.193 e. The maximum absolute atomic E-state index is 12.9. The van der Waals surface area contributed by atoms with Gasteiger partial charge in [-0.2, -0.15) is 0 Å². The number of hydrogen-bond acceptors (Lipinski definition) is 7. The van der Waals surface area contributed by atoms with Gasteiger partial charge in [0.05, 0.1) is 5.41 Å². The van der Waals surface area contributed by atoms with Crippen LogP contribution in [-0.2, 0) is 16.2 Å². The lowest BCUT2D eigenvalue weighted by atomic mass is 9.68. The molecule has 1 aliphatic rings. The van der Waals surface area contributed by atoms with Crippen molar-refractivity contribution in [1.29, 1.82) is 0 Å². The molecule has 7 nitrogen and oxygen atoms in total. The third kappa shape index (κ3) is 14.3. The van der Waals surface area contributed by atoms with Crippen LogP contribution in [0.15, 0.2) is 315 Å². The molecule has 9 heteroatoms. The molecule has 0 radical (unpaired) electrons. The molecule has 1 aliphatic carbocycles. The second-order valence-corrected chi connectivity index (χ2v) is 26.7. The molecule has 0 amide bonds. The molecule has 0 aromatic heterocycles. The summed E-state index contributed by atoms with van der Waals surface area (Å²) in [5.41, 5.74) is 15.1. The molecule has 486 valence electrons. The third-order valence-electron chi connectivity index (χ3n) is 18.7. The Balaban J connectivity index is 0.000000178. The van der Waals surface area contributed by atoms with Gasteiger partial charge in [-0.1, -0.05) is 190 Å². The topological polar surface area (TPSA) is 88.1 Å². The van der Waals surface area contributed by atoms with Gasteiger partial charge in [0.15, 0.2) is 17.3 Å². The minimum atomic E-state index is -0.586. The lowest BCUT2D eigenvalue weighted by Gasteiger charge is -2.34. The van der Waals surface area contributed by atoms with E-state index in [0.717, 1.165) is 28.4 Å². The van der Waals surface area contributed by atoms with Crippen molar-refractivity contribution in [3.8, 4) is 57.1 Å². The Hall–Kier alpha value is -11.4. The second kappa shape index (κ2) is 28.4. The highest BCUT2D eigenvalue weighted by atomic mass is 35.5. The van der Waals surface area contributed by atoms with Crippen LogP contribution in [0.5, 0.6) is 46.0 Å². The summed E-state index contributed by atoms with van der Waals surface area (Å²) in [6.07, 6.45) is 0. The summed E-state index contributed by atoms with van der Waals surface area (Å²) in [5, 5.41) is 1.19. The van der Waals surface area contributed by atoms with E-state index in [1.165, 1.54) is 50.1 Å². The SMILES string of the molecule is CC(=O)c1ccc(Oc2ccc(C3(c4ccc(Oc5ccc(C(=O)c6ccc(Cl)cc6)cc5)cc4)c4ccccc4-c4ccccc43)cc2)cc1.Cc1ccc(Oc2ccc(C(C)(C)c3cccc(C(C)(C)c4ccc(Oc5ccc(C(=O)c6ccc(Cl)cc6)cc5)cc4)c3)cc2)cc1. The number of Topliss-reactive ketones (excluding diaryl/α,β-unsaturated/α-hetero) is 1. The van der Waals surface area contributed by atoms with Crippen molar-refractivity contribution in [2.45, 2.75) is 57.8 Å². The Morgan fingerprint density at radius 2 is 0.576 bits per heavy atom. The highest BCUT2D eigenvalue weighted by Crippen LogP contribution is 2.56. The van der Waals surface area contributed by atoms with Crippen LogP contribution in [0.25, 0.3) is 11.1 Å². The highest BCUT2D eigenvalue weighted by Gasteiger charge is 2.46. The molecular weight excluding hydrogens is 1260 g/mol. The van der Waals surface area contributed by atoms with E-state index in [9.17, 15) is 14.4 Å². The molecule has 0 heterocycles. The number of aryl methyl sites for hydroxylation is 1. The van der Waals surface area contributed by atoms with Crippen molar-refractivity contribution in [1.82, 2.24) is 0 Å². The standard InChI is InChI=1S/C46H31ClO4.C44H39ClO3/c1-30(48)31-12-22-37(23-13-31)50-39-26-16-34(17-27-39)46(43-8-4-2-6-41(43)42-7-3-5-9-44(42)46)35-18-28-40(29-19-35)51-38-24-14-33(15-25-38)45(49)32-10-20-36(47)21-11-32;1-30-9-21-38(22-10-30)47-40-25-15-33(16-26-40)43(2,3)35-7-6-8-36(29-35)44(4,5)34-17-27-41(28-18-34)48-39-23-13-32(14-24-39)42(46)31-11-19-37(45)20-12-31/h2-29H,1H3;6-29H,1-5H3. The number of carbonyl (C=O) groups is 3. The van der Waals surface area contributed by atoms with Gasteiger partial charge >= 0.3 is 0 Å². The molecule has 0 unspecified atom stereocenters. The van der Waals surface area contributed by atoms with E-state index >= 15 is 0 Å². The molecule has 99 heavy (non-hydrogen) atoms. The van der Waals surface area contributed by atoms with E-state index in [-0.39, 0.29) is 28.2 Å². The van der Waals surface area contributed by atoms with Gasteiger partial charge < -0.3 is 18.9 Å². The average Bonchev–Trinajstić information content (AvgIpc) is 1.55. The third-order valence-corrected chi connectivity index (χ3v) is 19.2. The molecule has 14 rings (SSSR count). The van der Waals surface area contributed by atoms with E-state index in [1.54, 1.807) is 91.9 Å². The van der Waals surface area contributed by atoms with Crippen LogP contribution in [-0.4, -0.2) is 17.3 Å². The van der Waals surface area contributed by atoms with Crippen LogP contribution in [0.1, 0.15) is 127 Å². The Kier molecular flexibility index (Phi) is 19.0. The van der Waals surface area contributed by atoms with E-state index in [4.69, 9.17) is 42.1 Å². The van der Waals surface area contributed by atoms with Crippen LogP contribution in [0, 0.1) is 6.92 Å². The van der Waals surface area contributed by atoms with Gasteiger partial charge in [0.2, 0.25) is 0 Å². The summed E-state index contributed by atoms with van der Waals surface area (Å²) >= 11 is 12.0. The van der Waals surface area contributed by atoms with E-state index in [2.05, 4.69) is 168 Å².